The van der Waals surface area contributed by atoms with Crippen molar-refractivity contribution in [2.75, 3.05) is 0 Å². The Morgan fingerprint density at radius 3 is 2.37 bits per heavy atom. The number of hydrogen-bond donors (Lipinski definition) is 0. The van der Waals surface area contributed by atoms with Gasteiger partial charge in [-0.1, -0.05) is 12.1 Å². The van der Waals surface area contributed by atoms with Crippen LogP contribution in [0.2, 0.25) is 0 Å². The molecule has 0 spiro atoms. The number of halogens is 2. The van der Waals surface area contributed by atoms with Crippen molar-refractivity contribution < 1.29 is 19.1 Å². The van der Waals surface area contributed by atoms with Gasteiger partial charge in [0.15, 0.2) is 0 Å². The van der Waals surface area contributed by atoms with E-state index in [2.05, 4.69) is 38.5 Å². The van der Waals surface area contributed by atoms with Gasteiger partial charge in [-0.2, -0.15) is 0 Å². The highest BCUT2D eigenvalue weighted by molar-refractivity contribution is 14.1. The molecule has 1 aliphatic rings. The second-order valence-corrected chi connectivity index (χ2v) is 6.31. The normalized spacial score (nSPS) is 17.8. The summed E-state index contributed by atoms with van der Waals surface area (Å²) in [6.45, 7) is 3.03. The van der Waals surface area contributed by atoms with E-state index >= 15 is 0 Å². The fourth-order valence-corrected chi connectivity index (χ4v) is 2.46. The maximum atomic E-state index is 11.8. The average molecular weight is 437 g/mol. The number of rotatable bonds is 1. The maximum Gasteiger partial charge on any atom is 0.348 e. The Morgan fingerprint density at radius 1 is 1.21 bits per heavy atom. The molecule has 0 amide bonds. The Morgan fingerprint density at radius 2 is 1.79 bits per heavy atom. The first kappa shape index (κ1) is 14.5. The molecular weight excluding hydrogens is 427 g/mol. The van der Waals surface area contributed by atoms with E-state index in [1.54, 1.807) is 6.07 Å². The topological polar surface area (TPSA) is 52.6 Å². The van der Waals surface area contributed by atoms with Crippen molar-refractivity contribution >= 4 is 56.5 Å². The number of esters is 2. The van der Waals surface area contributed by atoms with Crippen molar-refractivity contribution in [3.05, 3.63) is 37.4 Å². The van der Waals surface area contributed by atoms with E-state index in [1.165, 1.54) is 19.9 Å². The lowest BCUT2D eigenvalue weighted by Gasteiger charge is -2.29. The lowest BCUT2D eigenvalue weighted by Crippen LogP contribution is -2.41. The van der Waals surface area contributed by atoms with Crippen molar-refractivity contribution in [2.24, 2.45) is 0 Å². The summed E-state index contributed by atoms with van der Waals surface area (Å²) in [5.74, 6) is -2.55. The third-order valence-electron chi connectivity index (χ3n) is 2.40. The fraction of sp³-hybridized carbons (Fsp3) is 0.231. The van der Waals surface area contributed by atoms with Gasteiger partial charge < -0.3 is 9.47 Å². The fourth-order valence-electron chi connectivity index (χ4n) is 1.57. The molecule has 0 saturated carbocycles. The van der Waals surface area contributed by atoms with Crippen molar-refractivity contribution in [1.82, 2.24) is 0 Å². The molecule has 1 aliphatic heterocycles. The quantitative estimate of drug-likeness (QED) is 0.293. The molecule has 0 atom stereocenters. The number of carbonyl (C=O) groups excluding carboxylic acids is 2. The predicted octanol–water partition coefficient (Wildman–Crippen LogP) is 3.27. The molecule has 6 heteroatoms. The van der Waals surface area contributed by atoms with Crippen molar-refractivity contribution in [2.45, 2.75) is 19.6 Å². The predicted molar refractivity (Wildman–Crippen MR) is 81.1 cm³/mol. The van der Waals surface area contributed by atoms with E-state index in [4.69, 9.17) is 9.47 Å². The van der Waals surface area contributed by atoms with Crippen molar-refractivity contribution in [3.8, 4) is 0 Å². The number of benzene rings is 1. The van der Waals surface area contributed by atoms with Gasteiger partial charge in [0.25, 0.3) is 5.79 Å². The molecule has 0 bridgehead atoms. The number of ether oxygens (including phenoxy) is 2. The van der Waals surface area contributed by atoms with E-state index in [0.717, 1.165) is 13.6 Å². The zero-order valence-electron chi connectivity index (χ0n) is 10.2. The highest BCUT2D eigenvalue weighted by Gasteiger charge is 2.38. The van der Waals surface area contributed by atoms with Gasteiger partial charge in [0, 0.05) is 21.9 Å². The van der Waals surface area contributed by atoms with Crippen LogP contribution in [0, 0.1) is 3.57 Å². The van der Waals surface area contributed by atoms with Crippen LogP contribution in [0.3, 0.4) is 0 Å². The Labute approximate surface area is 132 Å². The number of carbonyl (C=O) groups is 2. The first-order valence-electron chi connectivity index (χ1n) is 5.42. The first-order valence-corrected chi connectivity index (χ1v) is 7.30. The zero-order chi connectivity index (χ0) is 14.2. The molecule has 1 saturated heterocycles. The third-order valence-corrected chi connectivity index (χ3v) is 5.00. The minimum atomic E-state index is -1.21. The minimum absolute atomic E-state index is 0.102. The smallest absolute Gasteiger partial charge is 0.348 e. The Bertz CT molecular complexity index is 570. The van der Waals surface area contributed by atoms with Crippen LogP contribution in [0.5, 0.6) is 0 Å². The molecule has 0 N–H and O–H groups in total. The van der Waals surface area contributed by atoms with Gasteiger partial charge in [-0.05, 0) is 56.2 Å². The zero-order valence-corrected chi connectivity index (χ0v) is 13.9. The van der Waals surface area contributed by atoms with Crippen LogP contribution in [0.15, 0.2) is 28.2 Å². The third kappa shape index (κ3) is 3.17. The van der Waals surface area contributed by atoms with E-state index in [0.29, 0.717) is 0 Å². The molecule has 100 valence electrons. The second kappa shape index (κ2) is 5.24. The maximum absolute atomic E-state index is 11.8. The lowest BCUT2D eigenvalue weighted by atomic mass is 10.1. The Balaban J connectivity index is 2.41. The number of hydrogen-bond acceptors (Lipinski definition) is 4. The van der Waals surface area contributed by atoms with Crippen LogP contribution in [0.25, 0.3) is 6.08 Å². The minimum Gasteiger partial charge on any atom is -0.419 e. The molecule has 2 rings (SSSR count). The van der Waals surface area contributed by atoms with Gasteiger partial charge >= 0.3 is 11.9 Å². The Hall–Kier alpha value is -0.890. The van der Waals surface area contributed by atoms with E-state index in [-0.39, 0.29) is 5.57 Å². The monoisotopic (exact) mass is 436 g/mol. The molecule has 0 aliphatic carbocycles. The second-order valence-electron chi connectivity index (χ2n) is 4.38. The Kier molecular flexibility index (Phi) is 4.00. The van der Waals surface area contributed by atoms with Gasteiger partial charge in [-0.25, -0.2) is 9.59 Å². The summed E-state index contributed by atoms with van der Waals surface area (Å²) in [5.41, 5.74) is 0.647. The van der Waals surface area contributed by atoms with Crippen LogP contribution in [0.1, 0.15) is 19.4 Å². The van der Waals surface area contributed by atoms with Gasteiger partial charge in [0.1, 0.15) is 5.57 Å². The molecule has 1 fully saturated rings. The van der Waals surface area contributed by atoms with Crippen LogP contribution in [0.4, 0.5) is 0 Å². The van der Waals surface area contributed by atoms with E-state index in [9.17, 15) is 9.59 Å². The summed E-state index contributed by atoms with van der Waals surface area (Å²) >= 11 is 5.52. The van der Waals surface area contributed by atoms with Crippen molar-refractivity contribution in [1.29, 1.82) is 0 Å². The summed E-state index contributed by atoms with van der Waals surface area (Å²) < 4.78 is 11.9. The molecule has 0 aromatic heterocycles. The molecule has 1 heterocycles. The largest absolute Gasteiger partial charge is 0.419 e. The van der Waals surface area contributed by atoms with Crippen LogP contribution in [-0.4, -0.2) is 17.7 Å². The van der Waals surface area contributed by atoms with Crippen LogP contribution < -0.4 is 0 Å². The molecular formula is C13H10BrIO4. The lowest BCUT2D eigenvalue weighted by molar-refractivity contribution is -0.222. The highest BCUT2D eigenvalue weighted by Crippen LogP contribution is 2.28. The van der Waals surface area contributed by atoms with Gasteiger partial charge in [-0.15, -0.1) is 0 Å². The molecule has 0 unspecified atom stereocenters. The molecule has 19 heavy (non-hydrogen) atoms. The molecule has 0 radical (unpaired) electrons. The summed E-state index contributed by atoms with van der Waals surface area (Å²) in [6.07, 6.45) is 1.48. The van der Waals surface area contributed by atoms with Gasteiger partial charge in [-0.3, -0.25) is 0 Å². The van der Waals surface area contributed by atoms with E-state index < -0.39 is 17.7 Å². The SMILES string of the molecule is CC1(C)OC(=O)C(=Cc2cccc(Br)c2I)C(=O)O1. The number of cyclic esters (lactones) is 2. The van der Waals surface area contributed by atoms with Gasteiger partial charge in [0.2, 0.25) is 0 Å². The summed E-state index contributed by atoms with van der Waals surface area (Å²) in [7, 11) is 0. The summed E-state index contributed by atoms with van der Waals surface area (Å²) in [6, 6.07) is 5.51. The van der Waals surface area contributed by atoms with Crippen LogP contribution in [-0.2, 0) is 19.1 Å². The standard InChI is InChI=1S/C13H10BrIO4/c1-13(2)18-11(16)8(12(17)19-13)6-7-4-3-5-9(14)10(7)15/h3-6H,1-2H3. The molecule has 4 nitrogen and oxygen atoms in total. The molecule has 1 aromatic rings. The molecule has 1 aromatic carbocycles. The van der Waals surface area contributed by atoms with Gasteiger partial charge in [0.05, 0.1) is 0 Å². The van der Waals surface area contributed by atoms with E-state index in [1.807, 2.05) is 12.1 Å². The van der Waals surface area contributed by atoms with Crippen LogP contribution >= 0.6 is 38.5 Å². The summed E-state index contributed by atoms with van der Waals surface area (Å²) in [5, 5.41) is 0. The summed E-state index contributed by atoms with van der Waals surface area (Å²) in [4.78, 5) is 23.6. The van der Waals surface area contributed by atoms with Crippen molar-refractivity contribution in [3.63, 3.8) is 0 Å². The average Bonchev–Trinajstić information content (AvgIpc) is 2.27. The first-order chi connectivity index (χ1) is 8.80. The highest BCUT2D eigenvalue weighted by atomic mass is 127.